The zero-order chi connectivity index (χ0) is 42.6. The third-order valence-electron chi connectivity index (χ3n) is 9.60. The lowest BCUT2D eigenvalue weighted by molar-refractivity contribution is 0.0428. The van der Waals surface area contributed by atoms with Crippen molar-refractivity contribution in [3.8, 4) is 5.82 Å². The highest BCUT2D eigenvalue weighted by Crippen LogP contribution is 2.44. The third kappa shape index (κ3) is 5.62. The molecule has 0 amide bonds. The Hall–Kier alpha value is -5.78. The van der Waals surface area contributed by atoms with E-state index < -0.39 is 30.3 Å². The smallest absolute Gasteiger partial charge is 0.292 e. The topological polar surface area (TPSA) is 36.7 Å². The fourth-order valence-electron chi connectivity index (χ4n) is 6.64. The summed E-state index contributed by atoms with van der Waals surface area (Å²) in [6, 6.07) is 22.2. The van der Waals surface area contributed by atoms with Gasteiger partial charge in [-0.05, 0) is 68.3 Å². The van der Waals surface area contributed by atoms with Gasteiger partial charge in [-0.1, -0.05) is 83.5 Å². The maximum Gasteiger partial charge on any atom is 0.503 e. The van der Waals surface area contributed by atoms with E-state index >= 15 is 8.78 Å². The average molecular weight is 697 g/mol. The highest BCUT2D eigenvalue weighted by atomic mass is 19.3. The molecule has 0 N–H and O–H groups in total. The van der Waals surface area contributed by atoms with Gasteiger partial charge in [-0.15, -0.1) is 0 Å². The van der Waals surface area contributed by atoms with Crippen molar-refractivity contribution in [2.24, 2.45) is 0 Å². The molecule has 0 aliphatic carbocycles. The van der Waals surface area contributed by atoms with Crippen molar-refractivity contribution >= 4 is 50.6 Å². The van der Waals surface area contributed by atoms with Gasteiger partial charge in [0, 0.05) is 74.8 Å². The molecule has 4 aromatic carbocycles. The van der Waals surface area contributed by atoms with E-state index in [0.717, 1.165) is 21.9 Å². The van der Waals surface area contributed by atoms with Crippen molar-refractivity contribution in [2.75, 3.05) is 0 Å². The number of halogens is 2. The van der Waals surface area contributed by atoms with Crippen LogP contribution in [0.4, 0.5) is 31.5 Å². The predicted molar refractivity (Wildman–Crippen MR) is 209 cm³/mol. The summed E-state index contributed by atoms with van der Waals surface area (Å²) in [4.78, 5) is 9.04. The van der Waals surface area contributed by atoms with Crippen molar-refractivity contribution in [1.82, 2.24) is 23.7 Å². The Morgan fingerprint density at radius 3 is 2.04 bits per heavy atom. The fraction of sp³-hybridized carbons (Fsp3) is 0.222. The Kier molecular flexibility index (Phi) is 5.96. The van der Waals surface area contributed by atoms with Gasteiger partial charge in [-0.3, -0.25) is 9.55 Å². The molecule has 258 valence electrons. The quantitative estimate of drug-likeness (QED) is 0.168. The summed E-state index contributed by atoms with van der Waals surface area (Å²) >= 11 is 0. The monoisotopic (exact) mass is 696 g/mol. The van der Waals surface area contributed by atoms with Crippen LogP contribution in [0.15, 0.2) is 122 Å². The van der Waals surface area contributed by atoms with E-state index in [1.54, 1.807) is 30.7 Å². The van der Waals surface area contributed by atoms with Crippen LogP contribution in [0.5, 0.6) is 0 Å². The van der Waals surface area contributed by atoms with Gasteiger partial charge in [-0.25, -0.2) is 4.98 Å². The molecule has 7 aromatic rings. The summed E-state index contributed by atoms with van der Waals surface area (Å²) in [6.45, 7) is 9.64. The maximum absolute atomic E-state index is 17.4. The fourth-order valence-corrected chi connectivity index (χ4v) is 6.64. The van der Waals surface area contributed by atoms with E-state index in [-0.39, 0.29) is 51.3 Å². The number of alkyl halides is 2. The van der Waals surface area contributed by atoms with Crippen LogP contribution in [-0.2, 0) is 16.8 Å². The highest BCUT2D eigenvalue weighted by molar-refractivity contribution is 6.09. The predicted octanol–water partition coefficient (Wildman–Crippen LogP) is 11.5. The number of hydrogen-bond acceptors (Lipinski definition) is 2. The van der Waals surface area contributed by atoms with Gasteiger partial charge in [-0.2, -0.15) is 8.78 Å². The van der Waals surface area contributed by atoms with E-state index in [0.29, 0.717) is 22.6 Å². The van der Waals surface area contributed by atoms with Gasteiger partial charge >= 0.3 is 6.01 Å². The van der Waals surface area contributed by atoms with Gasteiger partial charge in [0.15, 0.2) is 0 Å². The molecule has 0 atom stereocenters. The van der Waals surface area contributed by atoms with Crippen molar-refractivity contribution in [3.63, 3.8) is 0 Å². The number of aryl methyl sites for hydroxylation is 1. The molecule has 0 saturated carbocycles. The van der Waals surface area contributed by atoms with E-state index in [1.165, 1.54) is 57.7 Å². The van der Waals surface area contributed by atoms with Crippen LogP contribution in [0.25, 0.3) is 27.6 Å². The van der Waals surface area contributed by atoms with Crippen LogP contribution in [0.1, 0.15) is 79.0 Å². The lowest BCUT2D eigenvalue weighted by Crippen LogP contribution is -2.19. The molecule has 8 rings (SSSR count). The average Bonchev–Trinajstić information content (AvgIpc) is 3.75. The molecule has 7 heteroatoms. The van der Waals surface area contributed by atoms with Crippen molar-refractivity contribution in [1.29, 1.82) is 0 Å². The minimum absolute atomic E-state index is 0.0146. The van der Waals surface area contributed by atoms with Crippen LogP contribution < -0.4 is 9.15 Å². The Morgan fingerprint density at radius 1 is 0.673 bits per heavy atom. The first-order valence-corrected chi connectivity index (χ1v) is 17.0. The molecule has 0 unspecified atom stereocenters. The second-order valence-corrected chi connectivity index (χ2v) is 15.2. The number of pyridine rings is 2. The number of rotatable bonds is 5. The molecule has 3 aromatic heterocycles. The lowest BCUT2D eigenvalue weighted by atomic mass is 9.84. The van der Waals surface area contributed by atoms with Crippen LogP contribution in [0.3, 0.4) is 0 Å². The van der Waals surface area contributed by atoms with Crippen molar-refractivity contribution in [2.45, 2.75) is 65.1 Å². The molecule has 0 saturated heterocycles. The summed E-state index contributed by atoms with van der Waals surface area (Å²) < 4.78 is 97.8. The highest BCUT2D eigenvalue weighted by Gasteiger charge is 2.40. The molecule has 0 radical (unpaired) electrons. The largest absolute Gasteiger partial charge is 0.503 e. The summed E-state index contributed by atoms with van der Waals surface area (Å²) in [6.07, 6.45) is 5.10. The molecule has 52 heavy (non-hydrogen) atoms. The number of fused-ring (bicyclic) bond motifs is 4. The lowest BCUT2D eigenvalue weighted by Gasteiger charge is -2.23. The summed E-state index contributed by atoms with van der Waals surface area (Å²) in [7, 11) is 0. The third-order valence-corrected chi connectivity index (χ3v) is 9.60. The van der Waals surface area contributed by atoms with Crippen LogP contribution in [-0.4, -0.2) is 20.5 Å². The molecular formula is C45H41F2N5+2. The van der Waals surface area contributed by atoms with E-state index in [2.05, 4.69) is 36.7 Å². The van der Waals surface area contributed by atoms with Crippen LogP contribution in [0.2, 0.25) is 0 Å². The van der Waals surface area contributed by atoms with Crippen molar-refractivity contribution in [3.05, 3.63) is 149 Å². The molecular weight excluding hydrogens is 649 g/mol. The Balaban J connectivity index is 1.35. The van der Waals surface area contributed by atoms with Gasteiger partial charge in [0.2, 0.25) is 11.4 Å². The molecule has 0 fully saturated rings. The number of nitrogens with zero attached hydrogens (tertiary/aromatic N) is 5. The summed E-state index contributed by atoms with van der Waals surface area (Å²) in [5, 5.41) is 1.60. The summed E-state index contributed by atoms with van der Waals surface area (Å²) in [5.74, 6) is -2.99. The molecule has 4 heterocycles. The van der Waals surface area contributed by atoms with E-state index in [1.807, 2.05) is 43.5 Å². The molecule has 1 aliphatic rings. The van der Waals surface area contributed by atoms with Gasteiger partial charge in [0.1, 0.15) is 5.82 Å². The molecule has 1 aliphatic heterocycles. The maximum atomic E-state index is 17.4. The van der Waals surface area contributed by atoms with Crippen molar-refractivity contribution < 1.29 is 18.4 Å². The first-order chi connectivity index (χ1) is 27.6. The molecule has 0 bridgehead atoms. The van der Waals surface area contributed by atoms with Gasteiger partial charge < -0.3 is 0 Å². The number of aromatic nitrogens is 3. The number of para-hydroxylation sites is 2. The van der Waals surface area contributed by atoms with Crippen LogP contribution >= 0.6 is 0 Å². The second kappa shape index (κ2) is 11.9. The zero-order valence-corrected chi connectivity index (χ0v) is 29.7. The standard InChI is InChI=1S/C45H41F2N5/c1-29-12-15-34(16-13-29)50-28-51(39-11-9-8-10-38(39)50)35-23-32(44(5,6)7)22-33(24-35)45(46,47)31-14-17-36-37-19-20-48-27-41(37)52(40(36)25-31)42-26-30(18-21-49-42)43(2,3)4/h8-27H,1-7H3/q+2/i1D3,8D,9D,10D,11D. The minimum Gasteiger partial charge on any atom is -0.292 e. The van der Waals surface area contributed by atoms with Gasteiger partial charge in [0.05, 0.1) is 22.7 Å². The normalized spacial score (nSPS) is 15.6. The van der Waals surface area contributed by atoms with E-state index in [9.17, 15) is 0 Å². The number of hydrogen-bond donors (Lipinski definition) is 0. The zero-order valence-electron chi connectivity index (χ0n) is 36.7. The molecule has 5 nitrogen and oxygen atoms in total. The Bertz CT molecular complexity index is 2950. The SMILES string of the molecule is [2H]c1c([2H])c([2H])c2c(c1[2H])[N+](c1ccc(C([2H])([2H])[2H])cc1)=C=[N+]2c1cc(C(C)(C)C)cc(C(F)(F)c2ccc3c4ccncc4n(-c4cc(C(C)(C)C)ccn4)c3c2)c1. The molecule has 0 spiro atoms. The number of benzene rings is 4. The summed E-state index contributed by atoms with van der Waals surface area (Å²) in [5.41, 5.74) is 2.13. The van der Waals surface area contributed by atoms with Gasteiger partial charge in [0.25, 0.3) is 17.3 Å². The first kappa shape index (κ1) is 26.1. The van der Waals surface area contributed by atoms with E-state index in [4.69, 9.17) is 9.60 Å². The minimum atomic E-state index is -3.56. The second-order valence-electron chi connectivity index (χ2n) is 15.2. The Labute approximate surface area is 312 Å². The Morgan fingerprint density at radius 2 is 1.35 bits per heavy atom. The van der Waals surface area contributed by atoms with Crippen LogP contribution in [0, 0.1) is 6.85 Å². The first-order valence-electron chi connectivity index (χ1n) is 20.5.